The van der Waals surface area contributed by atoms with Crippen molar-refractivity contribution in [3.63, 3.8) is 0 Å². The van der Waals surface area contributed by atoms with Crippen LogP contribution in [0.1, 0.15) is 35.4 Å². The predicted molar refractivity (Wildman–Crippen MR) is 94.4 cm³/mol. The van der Waals surface area contributed by atoms with Crippen LogP contribution < -0.4 is 0 Å². The molecular weight excluding hydrogens is 379 g/mol. The van der Waals surface area contributed by atoms with Gasteiger partial charge in [-0.2, -0.15) is 30.9 Å². The van der Waals surface area contributed by atoms with Crippen molar-refractivity contribution in [2.75, 3.05) is 13.1 Å². The molecule has 0 aromatic heterocycles. The number of piperidine rings is 1. The van der Waals surface area contributed by atoms with Crippen LogP contribution in [0.5, 0.6) is 0 Å². The maximum Gasteiger partial charge on any atom is 0.416 e. The molecule has 0 amide bonds. The van der Waals surface area contributed by atoms with Crippen LogP contribution in [0.4, 0.5) is 13.2 Å². The van der Waals surface area contributed by atoms with Crippen molar-refractivity contribution in [2.45, 2.75) is 36.8 Å². The number of aryl methyl sites for hydroxylation is 1. The quantitative estimate of drug-likeness (QED) is 0.759. The lowest BCUT2D eigenvalue weighted by Crippen LogP contribution is -2.35. The molecule has 1 aliphatic rings. The van der Waals surface area contributed by atoms with Gasteiger partial charge in [-0.3, -0.25) is 0 Å². The van der Waals surface area contributed by atoms with Crippen molar-refractivity contribution in [1.29, 1.82) is 0 Å². The van der Waals surface area contributed by atoms with Gasteiger partial charge in [0.2, 0.25) is 0 Å². The summed E-state index contributed by atoms with van der Waals surface area (Å²) < 4.78 is 67.8. The Morgan fingerprint density at radius 3 is 2.04 bits per heavy atom. The molecule has 3 rings (SSSR count). The lowest BCUT2D eigenvalue weighted by atomic mass is 9.89. The number of rotatable bonds is 4. The first-order valence-corrected chi connectivity index (χ1v) is 9.99. The third-order valence-corrected chi connectivity index (χ3v) is 5.93. The Hall–Kier alpha value is -1.90. The summed E-state index contributed by atoms with van der Waals surface area (Å²) in [5, 5.41) is 1.40. The molecule has 1 aliphatic heterocycles. The van der Waals surface area contributed by atoms with Gasteiger partial charge in [0.1, 0.15) is 0 Å². The van der Waals surface area contributed by atoms with Crippen LogP contribution in [-0.4, -0.2) is 26.6 Å². The van der Waals surface area contributed by atoms with Gasteiger partial charge in [0.05, 0.1) is 10.5 Å². The molecule has 1 heterocycles. The molecule has 0 aliphatic carbocycles. The fourth-order valence-electron chi connectivity index (χ4n) is 3.09. The Kier molecular flexibility index (Phi) is 5.60. The van der Waals surface area contributed by atoms with Crippen LogP contribution in [0, 0.1) is 6.92 Å². The molecule has 0 saturated carbocycles. The minimum absolute atomic E-state index is 0.0780. The molecule has 1 fully saturated rings. The number of halogens is 3. The molecule has 4 nitrogen and oxygen atoms in total. The zero-order chi connectivity index (χ0) is 19.7. The van der Waals surface area contributed by atoms with E-state index in [4.69, 9.17) is 4.28 Å². The molecule has 0 atom stereocenters. The second kappa shape index (κ2) is 7.61. The molecule has 1 saturated heterocycles. The van der Waals surface area contributed by atoms with Gasteiger partial charge in [-0.05, 0) is 55.5 Å². The highest BCUT2D eigenvalue weighted by molar-refractivity contribution is 7.86. The van der Waals surface area contributed by atoms with E-state index in [0.717, 1.165) is 23.3 Å². The van der Waals surface area contributed by atoms with Crippen molar-refractivity contribution in [2.24, 2.45) is 0 Å². The summed E-state index contributed by atoms with van der Waals surface area (Å²) in [6.07, 6.45) is -3.14. The standard InChI is InChI=1S/C19H20F3NO3S/c1-14-2-8-18(9-3-14)27(24,25)26-23-12-10-16(11-13-23)15-4-6-17(7-5-15)19(20,21)22/h2-9,16H,10-13H2,1H3. The van der Waals surface area contributed by atoms with Crippen molar-refractivity contribution in [3.8, 4) is 0 Å². The molecule has 0 radical (unpaired) electrons. The van der Waals surface area contributed by atoms with Crippen molar-refractivity contribution >= 4 is 10.1 Å². The third kappa shape index (κ3) is 4.88. The Morgan fingerprint density at radius 2 is 1.52 bits per heavy atom. The van der Waals surface area contributed by atoms with Crippen LogP contribution >= 0.6 is 0 Å². The fourth-order valence-corrected chi connectivity index (χ4v) is 4.08. The van der Waals surface area contributed by atoms with E-state index in [0.29, 0.717) is 25.9 Å². The summed E-state index contributed by atoms with van der Waals surface area (Å²) in [6.45, 7) is 2.64. The summed E-state index contributed by atoms with van der Waals surface area (Å²) in [5.41, 5.74) is 1.10. The normalized spacial score (nSPS) is 17.2. The fraction of sp³-hybridized carbons (Fsp3) is 0.368. The first-order valence-electron chi connectivity index (χ1n) is 8.58. The zero-order valence-corrected chi connectivity index (χ0v) is 15.6. The number of nitrogens with zero attached hydrogens (tertiary/aromatic N) is 1. The lowest BCUT2D eigenvalue weighted by Gasteiger charge is -2.30. The summed E-state index contributed by atoms with van der Waals surface area (Å²) >= 11 is 0. The van der Waals surface area contributed by atoms with Crippen molar-refractivity contribution in [1.82, 2.24) is 5.06 Å². The largest absolute Gasteiger partial charge is 0.416 e. The number of hydroxylamine groups is 2. The van der Waals surface area contributed by atoms with Gasteiger partial charge in [0, 0.05) is 13.1 Å². The summed E-state index contributed by atoms with van der Waals surface area (Å²) in [5.74, 6) is 0.0780. The minimum Gasteiger partial charge on any atom is -0.192 e. The van der Waals surface area contributed by atoms with E-state index in [2.05, 4.69) is 0 Å². The van der Waals surface area contributed by atoms with Crippen LogP contribution in [-0.2, 0) is 20.6 Å². The average molecular weight is 399 g/mol. The van der Waals surface area contributed by atoms with Gasteiger partial charge in [-0.15, -0.1) is 0 Å². The molecular formula is C19H20F3NO3S. The minimum atomic E-state index is -4.35. The van der Waals surface area contributed by atoms with Gasteiger partial charge in [-0.1, -0.05) is 29.8 Å². The smallest absolute Gasteiger partial charge is 0.192 e. The molecule has 2 aromatic carbocycles. The maximum absolute atomic E-state index is 12.7. The zero-order valence-electron chi connectivity index (χ0n) is 14.7. The van der Waals surface area contributed by atoms with Gasteiger partial charge < -0.3 is 0 Å². The molecule has 146 valence electrons. The Bertz CT molecular complexity index is 870. The highest BCUT2D eigenvalue weighted by atomic mass is 32.2. The van der Waals surface area contributed by atoms with Gasteiger partial charge in [0.15, 0.2) is 0 Å². The molecule has 0 bridgehead atoms. The first kappa shape index (κ1) is 19.9. The van der Waals surface area contributed by atoms with Crippen LogP contribution in [0.25, 0.3) is 0 Å². The van der Waals surface area contributed by atoms with E-state index in [1.807, 2.05) is 6.92 Å². The average Bonchev–Trinajstić information content (AvgIpc) is 2.62. The van der Waals surface area contributed by atoms with Crippen molar-refractivity contribution < 1.29 is 25.9 Å². The van der Waals surface area contributed by atoms with Gasteiger partial charge in [0.25, 0.3) is 0 Å². The molecule has 2 aromatic rings. The predicted octanol–water partition coefficient (Wildman–Crippen LogP) is 4.51. The third-order valence-electron chi connectivity index (χ3n) is 4.68. The Morgan fingerprint density at radius 1 is 0.963 bits per heavy atom. The summed E-state index contributed by atoms with van der Waals surface area (Å²) in [6, 6.07) is 11.6. The van der Waals surface area contributed by atoms with Gasteiger partial charge in [-0.25, -0.2) is 0 Å². The highest BCUT2D eigenvalue weighted by Gasteiger charge is 2.31. The molecule has 0 unspecified atom stereocenters. The SMILES string of the molecule is Cc1ccc(S(=O)(=O)ON2CCC(c3ccc(C(F)(F)F)cc3)CC2)cc1. The highest BCUT2D eigenvalue weighted by Crippen LogP contribution is 2.33. The second-order valence-electron chi connectivity index (χ2n) is 6.66. The van der Waals surface area contributed by atoms with Gasteiger partial charge >= 0.3 is 16.3 Å². The van der Waals surface area contributed by atoms with E-state index in [1.165, 1.54) is 29.3 Å². The molecule has 0 N–H and O–H groups in total. The Balaban J connectivity index is 1.59. The topological polar surface area (TPSA) is 46.6 Å². The number of alkyl halides is 3. The lowest BCUT2D eigenvalue weighted by molar-refractivity contribution is -0.137. The number of hydrogen-bond donors (Lipinski definition) is 0. The molecule has 0 spiro atoms. The van der Waals surface area contributed by atoms with Crippen LogP contribution in [0.15, 0.2) is 53.4 Å². The van der Waals surface area contributed by atoms with E-state index < -0.39 is 21.9 Å². The maximum atomic E-state index is 12.7. The summed E-state index contributed by atoms with van der Waals surface area (Å²) in [7, 11) is -3.88. The first-order chi connectivity index (χ1) is 12.6. The van der Waals surface area contributed by atoms with E-state index in [-0.39, 0.29) is 10.8 Å². The number of benzene rings is 2. The van der Waals surface area contributed by atoms with Crippen molar-refractivity contribution in [3.05, 3.63) is 65.2 Å². The second-order valence-corrected chi connectivity index (χ2v) is 8.19. The van der Waals surface area contributed by atoms with E-state index in [1.54, 1.807) is 12.1 Å². The van der Waals surface area contributed by atoms with E-state index in [9.17, 15) is 21.6 Å². The van der Waals surface area contributed by atoms with Crippen LogP contribution in [0.3, 0.4) is 0 Å². The number of hydrogen-bond acceptors (Lipinski definition) is 4. The van der Waals surface area contributed by atoms with E-state index >= 15 is 0 Å². The molecule has 8 heteroatoms. The monoisotopic (exact) mass is 399 g/mol. The summed E-state index contributed by atoms with van der Waals surface area (Å²) in [4.78, 5) is 0.0953. The Labute approximate surface area is 156 Å². The molecule has 27 heavy (non-hydrogen) atoms. The van der Waals surface area contributed by atoms with Crippen LogP contribution in [0.2, 0.25) is 0 Å².